The van der Waals surface area contributed by atoms with Crippen LogP contribution in [0.15, 0.2) is 30.3 Å². The lowest BCUT2D eigenvalue weighted by Crippen LogP contribution is -2.45. The van der Waals surface area contributed by atoms with Crippen molar-refractivity contribution in [2.75, 3.05) is 26.4 Å². The zero-order valence-corrected chi connectivity index (χ0v) is 12.9. The van der Waals surface area contributed by atoms with E-state index in [0.29, 0.717) is 18.9 Å². The van der Waals surface area contributed by atoms with E-state index < -0.39 is 0 Å². The van der Waals surface area contributed by atoms with Crippen LogP contribution in [0.1, 0.15) is 19.8 Å². The van der Waals surface area contributed by atoms with Crippen molar-refractivity contribution in [2.45, 2.75) is 38.0 Å². The van der Waals surface area contributed by atoms with Gasteiger partial charge in [-0.2, -0.15) is 0 Å². The van der Waals surface area contributed by atoms with Crippen molar-refractivity contribution < 1.29 is 19.0 Å². The van der Waals surface area contributed by atoms with Crippen LogP contribution in [0, 0.1) is 0 Å². The molecule has 3 rings (SSSR count). The molecule has 0 bridgehead atoms. The fourth-order valence-electron chi connectivity index (χ4n) is 3.30. The highest BCUT2D eigenvalue weighted by molar-refractivity contribution is 5.78. The molecule has 0 unspecified atom stereocenters. The van der Waals surface area contributed by atoms with E-state index in [1.54, 1.807) is 0 Å². The third kappa shape index (κ3) is 3.25. The van der Waals surface area contributed by atoms with Gasteiger partial charge in [0.25, 0.3) is 5.91 Å². The predicted molar refractivity (Wildman–Crippen MR) is 81.8 cm³/mol. The molecule has 5 nitrogen and oxygen atoms in total. The number of fused-ring (bicyclic) bond motifs is 1. The van der Waals surface area contributed by atoms with Gasteiger partial charge in [0.2, 0.25) is 0 Å². The molecule has 1 aromatic rings. The minimum atomic E-state index is -0.0176. The molecule has 2 heterocycles. The topological polar surface area (TPSA) is 48.0 Å². The SMILES string of the molecule is CCO[C@H]1CN(C(=O)COc2ccccc2)[C@@H]2CCCO[C@H]12. The molecule has 2 aliphatic rings. The first-order valence-electron chi connectivity index (χ1n) is 8.00. The maximum Gasteiger partial charge on any atom is 0.260 e. The van der Waals surface area contributed by atoms with Crippen LogP contribution in [0.2, 0.25) is 0 Å². The maximum absolute atomic E-state index is 12.5. The third-order valence-corrected chi connectivity index (χ3v) is 4.28. The summed E-state index contributed by atoms with van der Waals surface area (Å²) in [5.41, 5.74) is 0. The fraction of sp³-hybridized carbons (Fsp3) is 0.588. The quantitative estimate of drug-likeness (QED) is 0.833. The molecular formula is C17H23NO4. The zero-order valence-electron chi connectivity index (χ0n) is 12.9. The lowest BCUT2D eigenvalue weighted by Gasteiger charge is -2.32. The van der Waals surface area contributed by atoms with Gasteiger partial charge >= 0.3 is 0 Å². The Kier molecular flexibility index (Phi) is 4.95. The third-order valence-electron chi connectivity index (χ3n) is 4.28. The van der Waals surface area contributed by atoms with Gasteiger partial charge in [-0.1, -0.05) is 18.2 Å². The largest absolute Gasteiger partial charge is 0.484 e. The second-order valence-corrected chi connectivity index (χ2v) is 5.69. The molecule has 0 radical (unpaired) electrons. The summed E-state index contributed by atoms with van der Waals surface area (Å²) in [4.78, 5) is 14.4. The van der Waals surface area contributed by atoms with Crippen molar-refractivity contribution in [1.82, 2.24) is 4.90 Å². The molecule has 0 aromatic heterocycles. The molecule has 1 amide bonds. The van der Waals surface area contributed by atoms with Crippen LogP contribution in [-0.2, 0) is 14.3 Å². The van der Waals surface area contributed by atoms with Gasteiger partial charge in [0, 0.05) is 13.2 Å². The molecule has 0 spiro atoms. The molecule has 3 atom stereocenters. The van der Waals surface area contributed by atoms with Crippen molar-refractivity contribution >= 4 is 5.91 Å². The number of rotatable bonds is 5. The van der Waals surface area contributed by atoms with Gasteiger partial charge in [-0.25, -0.2) is 0 Å². The van der Waals surface area contributed by atoms with Crippen molar-refractivity contribution in [3.8, 4) is 5.75 Å². The monoisotopic (exact) mass is 305 g/mol. The molecule has 2 saturated heterocycles. The Morgan fingerprint density at radius 2 is 2.18 bits per heavy atom. The Hall–Kier alpha value is -1.59. The first kappa shape index (κ1) is 15.3. The highest BCUT2D eigenvalue weighted by Gasteiger charge is 2.46. The van der Waals surface area contributed by atoms with Crippen molar-refractivity contribution in [1.29, 1.82) is 0 Å². The minimum Gasteiger partial charge on any atom is -0.484 e. The maximum atomic E-state index is 12.5. The normalized spacial score (nSPS) is 27.5. The van der Waals surface area contributed by atoms with Crippen molar-refractivity contribution in [3.05, 3.63) is 30.3 Å². The highest BCUT2D eigenvalue weighted by atomic mass is 16.5. The minimum absolute atomic E-state index is 0.00607. The van der Waals surface area contributed by atoms with Crippen LogP contribution in [0.25, 0.3) is 0 Å². The number of hydrogen-bond donors (Lipinski definition) is 0. The molecule has 2 aliphatic heterocycles. The van der Waals surface area contributed by atoms with Crippen LogP contribution in [-0.4, -0.2) is 55.4 Å². The summed E-state index contributed by atoms with van der Waals surface area (Å²) in [6.45, 7) is 4.03. The number of para-hydroxylation sites is 1. The Balaban J connectivity index is 1.61. The second kappa shape index (κ2) is 7.11. The van der Waals surface area contributed by atoms with E-state index in [0.717, 1.165) is 19.4 Å². The molecule has 2 fully saturated rings. The molecule has 0 aliphatic carbocycles. The van der Waals surface area contributed by atoms with E-state index in [9.17, 15) is 4.79 Å². The first-order valence-corrected chi connectivity index (χ1v) is 8.00. The van der Waals surface area contributed by atoms with E-state index >= 15 is 0 Å². The molecule has 120 valence electrons. The van der Waals surface area contributed by atoms with Crippen LogP contribution < -0.4 is 4.74 Å². The lowest BCUT2D eigenvalue weighted by molar-refractivity contribution is -0.136. The van der Waals surface area contributed by atoms with E-state index in [2.05, 4.69) is 0 Å². The Morgan fingerprint density at radius 3 is 2.95 bits per heavy atom. The van der Waals surface area contributed by atoms with Gasteiger partial charge in [-0.3, -0.25) is 4.79 Å². The predicted octanol–water partition coefficient (Wildman–Crippen LogP) is 1.86. The fourth-order valence-corrected chi connectivity index (χ4v) is 3.30. The summed E-state index contributed by atoms with van der Waals surface area (Å²) in [6, 6.07) is 9.54. The standard InChI is InChI=1S/C17H23NO4/c1-2-20-15-11-18(14-9-6-10-21-17(14)15)16(19)12-22-13-7-4-3-5-8-13/h3-5,7-8,14-15,17H,2,6,9-12H2,1H3/t14-,15+,17+/m1/s1. The molecule has 0 N–H and O–H groups in total. The van der Waals surface area contributed by atoms with Crippen LogP contribution in [0.3, 0.4) is 0 Å². The van der Waals surface area contributed by atoms with Gasteiger partial charge in [0.1, 0.15) is 18.0 Å². The van der Waals surface area contributed by atoms with E-state index in [-0.39, 0.29) is 30.8 Å². The van der Waals surface area contributed by atoms with Gasteiger partial charge in [0.15, 0.2) is 6.61 Å². The number of carbonyl (C=O) groups is 1. The molecule has 5 heteroatoms. The molecular weight excluding hydrogens is 282 g/mol. The van der Waals surface area contributed by atoms with Crippen molar-refractivity contribution in [3.63, 3.8) is 0 Å². The summed E-state index contributed by atoms with van der Waals surface area (Å²) in [5, 5.41) is 0. The van der Waals surface area contributed by atoms with Crippen molar-refractivity contribution in [2.24, 2.45) is 0 Å². The van der Waals surface area contributed by atoms with Gasteiger partial charge < -0.3 is 19.1 Å². The molecule has 22 heavy (non-hydrogen) atoms. The Labute approximate surface area is 131 Å². The number of nitrogens with zero attached hydrogens (tertiary/aromatic N) is 1. The van der Waals surface area contributed by atoms with Gasteiger partial charge in [0.05, 0.1) is 12.6 Å². The highest BCUT2D eigenvalue weighted by Crippen LogP contribution is 2.30. The average Bonchev–Trinajstić information content (AvgIpc) is 2.93. The summed E-state index contributed by atoms with van der Waals surface area (Å²) in [7, 11) is 0. The summed E-state index contributed by atoms with van der Waals surface area (Å²) < 4.78 is 17.2. The molecule has 1 aromatic carbocycles. The smallest absolute Gasteiger partial charge is 0.260 e. The number of ether oxygens (including phenoxy) is 3. The number of amides is 1. The van der Waals surface area contributed by atoms with Crippen LogP contribution >= 0.6 is 0 Å². The molecule has 0 saturated carbocycles. The van der Waals surface area contributed by atoms with E-state index in [1.165, 1.54) is 0 Å². The number of hydrogen-bond acceptors (Lipinski definition) is 4. The van der Waals surface area contributed by atoms with Crippen LogP contribution in [0.5, 0.6) is 5.75 Å². The number of likely N-dealkylation sites (tertiary alicyclic amines) is 1. The average molecular weight is 305 g/mol. The van der Waals surface area contributed by atoms with Gasteiger partial charge in [-0.05, 0) is 31.9 Å². The zero-order chi connectivity index (χ0) is 15.4. The van der Waals surface area contributed by atoms with Gasteiger partial charge in [-0.15, -0.1) is 0 Å². The van der Waals surface area contributed by atoms with E-state index in [1.807, 2.05) is 42.2 Å². The Bertz CT molecular complexity index is 493. The summed E-state index contributed by atoms with van der Waals surface area (Å²) >= 11 is 0. The summed E-state index contributed by atoms with van der Waals surface area (Å²) in [6.07, 6.45) is 1.96. The second-order valence-electron chi connectivity index (χ2n) is 5.69. The summed E-state index contributed by atoms with van der Waals surface area (Å²) in [5.74, 6) is 0.722. The number of benzene rings is 1. The first-order chi connectivity index (χ1) is 10.8. The van der Waals surface area contributed by atoms with E-state index in [4.69, 9.17) is 14.2 Å². The number of carbonyl (C=O) groups excluding carboxylic acids is 1. The van der Waals surface area contributed by atoms with Crippen LogP contribution in [0.4, 0.5) is 0 Å². The Morgan fingerprint density at radius 1 is 1.36 bits per heavy atom. The lowest BCUT2D eigenvalue weighted by atomic mass is 10.0.